The molecule has 0 fully saturated rings. The van der Waals surface area contributed by atoms with E-state index in [4.69, 9.17) is 0 Å². The largest absolute Gasteiger partial charge is 0.284 e. The molecule has 90 valence electrons. The van der Waals surface area contributed by atoms with Gasteiger partial charge in [0.15, 0.2) is 0 Å². The van der Waals surface area contributed by atoms with Gasteiger partial charge in [-0.1, -0.05) is 6.07 Å². The second-order valence-corrected chi connectivity index (χ2v) is 6.06. The minimum atomic E-state index is -3.58. The maximum absolute atomic E-state index is 11.9. The van der Waals surface area contributed by atoms with Gasteiger partial charge in [0, 0.05) is 10.7 Å². The van der Waals surface area contributed by atoms with Gasteiger partial charge < -0.3 is 0 Å². The zero-order valence-corrected chi connectivity index (χ0v) is 11.3. The van der Waals surface area contributed by atoms with Crippen molar-refractivity contribution in [1.29, 1.82) is 0 Å². The first-order chi connectivity index (χ1) is 7.99. The van der Waals surface area contributed by atoms with Crippen LogP contribution in [0.4, 0.5) is 5.69 Å². The molecular weight excluding hydrogens is 306 g/mol. The molecule has 0 aliphatic carbocycles. The lowest BCUT2D eigenvalue weighted by atomic mass is 10.2. The first kappa shape index (κ1) is 12.1. The molecule has 0 aliphatic rings. The smallest absolute Gasteiger partial charge is 0.265 e. The normalized spacial score (nSPS) is 11.4. The summed E-state index contributed by atoms with van der Waals surface area (Å²) in [5, 5.41) is 6.08. The average molecular weight is 316 g/mol. The Morgan fingerprint density at radius 2 is 2.18 bits per heavy atom. The lowest BCUT2D eigenvalue weighted by molar-refractivity contribution is 0.601. The predicted molar refractivity (Wildman–Crippen MR) is 68.3 cm³/mol. The van der Waals surface area contributed by atoms with E-state index in [0.29, 0.717) is 10.2 Å². The number of aryl methyl sites for hydroxylation is 1. The fourth-order valence-corrected chi connectivity index (χ4v) is 3.00. The molecule has 1 aromatic heterocycles. The number of H-pyrrole nitrogens is 1. The van der Waals surface area contributed by atoms with Crippen LogP contribution in [0.3, 0.4) is 0 Å². The summed E-state index contributed by atoms with van der Waals surface area (Å²) in [7, 11) is -3.58. The first-order valence-corrected chi connectivity index (χ1v) is 7.04. The Morgan fingerprint density at radius 1 is 1.41 bits per heavy atom. The Balaban J connectivity index is 2.33. The zero-order chi connectivity index (χ0) is 12.5. The Hall–Kier alpha value is -1.34. The zero-order valence-electron chi connectivity index (χ0n) is 8.94. The lowest BCUT2D eigenvalue weighted by Crippen LogP contribution is -2.12. The third kappa shape index (κ3) is 2.67. The molecule has 0 aliphatic heterocycles. The molecule has 0 saturated heterocycles. The molecule has 1 heterocycles. The van der Waals surface area contributed by atoms with Gasteiger partial charge in [-0.25, -0.2) is 8.42 Å². The molecular formula is C10H10BrN3O2S. The lowest BCUT2D eigenvalue weighted by Gasteiger charge is -2.08. The highest BCUT2D eigenvalue weighted by molar-refractivity contribution is 9.10. The van der Waals surface area contributed by atoms with E-state index < -0.39 is 10.0 Å². The molecule has 5 nitrogen and oxygen atoms in total. The summed E-state index contributed by atoms with van der Waals surface area (Å²) in [4.78, 5) is 0.102. The molecule has 0 atom stereocenters. The van der Waals surface area contributed by atoms with Gasteiger partial charge in [-0.2, -0.15) is 5.10 Å². The number of hydrogen-bond donors (Lipinski definition) is 2. The van der Waals surface area contributed by atoms with Crippen LogP contribution in [0.15, 0.2) is 40.0 Å². The van der Waals surface area contributed by atoms with Crippen molar-refractivity contribution in [2.45, 2.75) is 11.8 Å². The third-order valence-corrected chi connectivity index (χ3v) is 4.14. The maximum atomic E-state index is 11.9. The van der Waals surface area contributed by atoms with E-state index >= 15 is 0 Å². The molecule has 0 spiro atoms. The van der Waals surface area contributed by atoms with Crippen LogP contribution < -0.4 is 4.72 Å². The average Bonchev–Trinajstić information content (AvgIpc) is 2.76. The number of hydrogen-bond acceptors (Lipinski definition) is 3. The predicted octanol–water partition coefficient (Wildman–Crippen LogP) is 2.28. The number of nitrogens with one attached hydrogen (secondary N) is 2. The Morgan fingerprint density at radius 3 is 2.76 bits per heavy atom. The van der Waals surface area contributed by atoms with Crippen LogP contribution in [-0.2, 0) is 10.0 Å². The molecule has 17 heavy (non-hydrogen) atoms. The number of aromatic amines is 1. The van der Waals surface area contributed by atoms with Crippen molar-refractivity contribution in [3.8, 4) is 0 Å². The van der Waals surface area contributed by atoms with Crippen molar-refractivity contribution < 1.29 is 8.42 Å². The number of sulfonamides is 1. The summed E-state index contributed by atoms with van der Waals surface area (Å²) in [5.41, 5.74) is 1.54. The highest BCUT2D eigenvalue weighted by Crippen LogP contribution is 2.25. The number of aromatic nitrogens is 2. The summed E-state index contributed by atoms with van der Waals surface area (Å²) >= 11 is 3.31. The van der Waals surface area contributed by atoms with Gasteiger partial charge in [0.05, 0.1) is 11.9 Å². The van der Waals surface area contributed by atoms with Crippen LogP contribution in [0, 0.1) is 6.92 Å². The second-order valence-electron chi connectivity index (χ2n) is 3.52. The number of benzene rings is 1. The quantitative estimate of drug-likeness (QED) is 0.912. The fourth-order valence-electron chi connectivity index (χ4n) is 1.29. The molecule has 2 rings (SSSR count). The number of halogens is 1. The molecule has 2 aromatic rings. The second kappa shape index (κ2) is 4.50. The first-order valence-electron chi connectivity index (χ1n) is 4.77. The summed E-state index contributed by atoms with van der Waals surface area (Å²) < 4.78 is 27.0. The maximum Gasteiger partial charge on any atom is 0.265 e. The van der Waals surface area contributed by atoms with Crippen molar-refractivity contribution in [2.24, 2.45) is 0 Å². The number of anilines is 1. The van der Waals surface area contributed by atoms with E-state index in [0.717, 1.165) is 5.56 Å². The third-order valence-electron chi connectivity index (χ3n) is 2.15. The van der Waals surface area contributed by atoms with Gasteiger partial charge in [0.25, 0.3) is 10.0 Å². The van der Waals surface area contributed by atoms with Crippen molar-refractivity contribution in [3.05, 3.63) is 40.6 Å². The minimum absolute atomic E-state index is 0.102. The van der Waals surface area contributed by atoms with Gasteiger partial charge >= 0.3 is 0 Å². The van der Waals surface area contributed by atoms with Gasteiger partial charge in [-0.3, -0.25) is 9.82 Å². The molecule has 0 unspecified atom stereocenters. The van der Waals surface area contributed by atoms with Gasteiger partial charge in [-0.05, 0) is 40.5 Å². The van der Waals surface area contributed by atoms with Crippen LogP contribution in [0.5, 0.6) is 0 Å². The molecule has 1 aromatic carbocycles. The molecule has 0 amide bonds. The highest BCUT2D eigenvalue weighted by Gasteiger charge is 2.16. The van der Waals surface area contributed by atoms with Crippen molar-refractivity contribution in [1.82, 2.24) is 10.2 Å². The topological polar surface area (TPSA) is 74.8 Å². The molecule has 0 bridgehead atoms. The van der Waals surface area contributed by atoms with E-state index in [1.54, 1.807) is 6.07 Å². The van der Waals surface area contributed by atoms with E-state index in [1.165, 1.54) is 12.4 Å². The van der Waals surface area contributed by atoms with E-state index in [-0.39, 0.29) is 4.90 Å². The standard InChI is InChI=1S/C10H10BrN3O2S/c1-7-2-3-10(9(11)4-7)14-17(15,16)8-5-12-13-6-8/h2-6,14H,1H3,(H,12,13). The van der Waals surface area contributed by atoms with Crippen LogP contribution in [0.1, 0.15) is 5.56 Å². The van der Waals surface area contributed by atoms with Crippen LogP contribution in [0.2, 0.25) is 0 Å². The van der Waals surface area contributed by atoms with Gasteiger partial charge in [0.1, 0.15) is 4.90 Å². The van der Waals surface area contributed by atoms with Crippen LogP contribution in [0.25, 0.3) is 0 Å². The van der Waals surface area contributed by atoms with E-state index in [1.807, 2.05) is 19.1 Å². The Labute approximate surface area is 107 Å². The summed E-state index contributed by atoms with van der Waals surface area (Å²) in [6.45, 7) is 1.93. The molecule has 2 N–H and O–H groups in total. The highest BCUT2D eigenvalue weighted by atomic mass is 79.9. The van der Waals surface area contributed by atoms with Gasteiger partial charge in [-0.15, -0.1) is 0 Å². The van der Waals surface area contributed by atoms with E-state index in [9.17, 15) is 8.42 Å². The fraction of sp³-hybridized carbons (Fsp3) is 0.100. The van der Waals surface area contributed by atoms with E-state index in [2.05, 4.69) is 30.8 Å². The van der Waals surface area contributed by atoms with Crippen LogP contribution >= 0.6 is 15.9 Å². The summed E-state index contributed by atoms with van der Waals surface area (Å²) in [6, 6.07) is 5.38. The minimum Gasteiger partial charge on any atom is -0.284 e. The summed E-state index contributed by atoms with van der Waals surface area (Å²) in [5.74, 6) is 0. The van der Waals surface area contributed by atoms with Crippen molar-refractivity contribution in [2.75, 3.05) is 4.72 Å². The Bertz CT molecular complexity index is 623. The van der Waals surface area contributed by atoms with Crippen molar-refractivity contribution in [3.63, 3.8) is 0 Å². The molecule has 7 heteroatoms. The van der Waals surface area contributed by atoms with Crippen molar-refractivity contribution >= 4 is 31.6 Å². The Kier molecular flexibility index (Phi) is 3.21. The monoisotopic (exact) mass is 315 g/mol. The number of nitrogens with zero attached hydrogens (tertiary/aromatic N) is 1. The van der Waals surface area contributed by atoms with Gasteiger partial charge in [0.2, 0.25) is 0 Å². The van der Waals surface area contributed by atoms with Crippen LogP contribution in [-0.4, -0.2) is 18.6 Å². The molecule has 0 radical (unpaired) electrons. The number of rotatable bonds is 3. The summed E-state index contributed by atoms with van der Waals surface area (Å²) in [6.07, 6.45) is 2.58. The molecule has 0 saturated carbocycles. The SMILES string of the molecule is Cc1ccc(NS(=O)(=O)c2cn[nH]c2)c(Br)c1.